The highest BCUT2D eigenvalue weighted by molar-refractivity contribution is 7.89. The lowest BCUT2D eigenvalue weighted by Gasteiger charge is -2.21. The Bertz CT molecular complexity index is 1990. The first kappa shape index (κ1) is 29.7. The molecule has 12 nitrogen and oxygen atoms in total. The summed E-state index contributed by atoms with van der Waals surface area (Å²) in [6.07, 6.45) is 3.00. The number of rotatable bonds is 10. The van der Waals surface area contributed by atoms with Crippen LogP contribution in [-0.2, 0) is 16.6 Å². The van der Waals surface area contributed by atoms with Gasteiger partial charge in [0.05, 0.1) is 34.2 Å². The van der Waals surface area contributed by atoms with E-state index in [0.717, 1.165) is 18.4 Å². The van der Waals surface area contributed by atoms with Crippen LogP contribution < -0.4 is 15.6 Å². The molecule has 14 heteroatoms. The van der Waals surface area contributed by atoms with Gasteiger partial charge < -0.3 is 19.9 Å². The summed E-state index contributed by atoms with van der Waals surface area (Å²) in [6.45, 7) is 3.44. The number of fused-ring (bicyclic) bond motifs is 3. The van der Waals surface area contributed by atoms with Crippen molar-refractivity contribution in [3.63, 3.8) is 0 Å². The average molecular weight is 621 g/mol. The number of aromatic nitrogens is 5. The van der Waals surface area contributed by atoms with Crippen molar-refractivity contribution in [2.45, 2.75) is 37.2 Å². The molecule has 3 aromatic heterocycles. The highest BCUT2D eigenvalue weighted by atomic mass is 32.2. The Morgan fingerprint density at radius 1 is 1.16 bits per heavy atom. The van der Waals surface area contributed by atoms with Crippen LogP contribution in [0.5, 0.6) is 5.75 Å². The zero-order valence-electron chi connectivity index (χ0n) is 24.6. The van der Waals surface area contributed by atoms with Gasteiger partial charge in [0.1, 0.15) is 28.6 Å². The number of aromatic amines is 2. The Morgan fingerprint density at radius 2 is 1.95 bits per heavy atom. The molecule has 0 spiro atoms. The summed E-state index contributed by atoms with van der Waals surface area (Å²) in [5, 5.41) is 10.8. The predicted molar refractivity (Wildman–Crippen MR) is 166 cm³/mol. The van der Waals surface area contributed by atoms with E-state index in [1.807, 2.05) is 25.9 Å². The van der Waals surface area contributed by atoms with E-state index in [1.54, 1.807) is 18.2 Å². The number of nitrogens with one attached hydrogen (secondary N) is 3. The Kier molecular flexibility index (Phi) is 8.05. The Hall–Kier alpha value is -4.40. The number of pyridine rings is 1. The van der Waals surface area contributed by atoms with Gasteiger partial charge in [0, 0.05) is 25.7 Å². The van der Waals surface area contributed by atoms with Gasteiger partial charge in [-0.1, -0.05) is 19.1 Å². The van der Waals surface area contributed by atoms with Crippen molar-refractivity contribution < 1.29 is 17.5 Å². The lowest BCUT2D eigenvalue weighted by atomic mass is 10.1. The topological polar surface area (TPSA) is 149 Å². The first-order chi connectivity index (χ1) is 21.2. The molecule has 1 fully saturated rings. The fourth-order valence-corrected chi connectivity index (χ4v) is 6.85. The van der Waals surface area contributed by atoms with Crippen molar-refractivity contribution in [3.05, 3.63) is 70.4 Å². The summed E-state index contributed by atoms with van der Waals surface area (Å²) in [5.74, 6) is 0.468. The van der Waals surface area contributed by atoms with Crippen LogP contribution in [0.15, 0.2) is 58.4 Å². The standard InChI is InChI=1S/C30H33FN8O4S/c1-4-13-43-24-10-9-21(44(41,42)39-12-11-20(17-39)38(2)3)14-22(24)27-34-26-23-16-33-37-28(23)35-29(25(26)30(40)36-27)32-15-18-5-7-19(31)8-6-18/h5-10,14,16,20H,4,11-13,15,17H2,1-3H3,(H,34,36,40)(H2,32,33,35,37)/t20-/m1/s1. The summed E-state index contributed by atoms with van der Waals surface area (Å²) < 4.78 is 48.3. The number of sulfonamides is 1. The number of benzene rings is 2. The third kappa shape index (κ3) is 5.63. The molecule has 6 rings (SSSR count). The smallest absolute Gasteiger partial charge is 0.262 e. The number of likely N-dealkylation sites (N-methyl/N-ethyl adjacent to an activating group) is 1. The molecule has 2 aromatic carbocycles. The van der Waals surface area contributed by atoms with E-state index in [9.17, 15) is 17.6 Å². The van der Waals surface area contributed by atoms with Gasteiger partial charge in [0.25, 0.3) is 5.56 Å². The first-order valence-corrected chi connectivity index (χ1v) is 15.8. The van der Waals surface area contributed by atoms with Gasteiger partial charge >= 0.3 is 0 Å². The maximum absolute atomic E-state index is 13.7. The van der Waals surface area contributed by atoms with Gasteiger partial charge in [0.15, 0.2) is 5.65 Å². The molecule has 44 heavy (non-hydrogen) atoms. The second-order valence-electron chi connectivity index (χ2n) is 11.0. The molecule has 5 aromatic rings. The fourth-order valence-electron chi connectivity index (χ4n) is 5.33. The lowest BCUT2D eigenvalue weighted by Crippen LogP contribution is -2.34. The lowest BCUT2D eigenvalue weighted by molar-refractivity contribution is 0.302. The van der Waals surface area contributed by atoms with Crippen molar-refractivity contribution in [3.8, 4) is 17.1 Å². The number of ether oxygens (including phenoxy) is 1. The number of anilines is 1. The average Bonchev–Trinajstić information content (AvgIpc) is 3.70. The predicted octanol–water partition coefficient (Wildman–Crippen LogP) is 3.73. The molecule has 3 N–H and O–H groups in total. The molecule has 0 aliphatic carbocycles. The van der Waals surface area contributed by atoms with Crippen LogP contribution in [0.25, 0.3) is 33.3 Å². The van der Waals surface area contributed by atoms with Crippen LogP contribution in [0.4, 0.5) is 10.2 Å². The SMILES string of the molecule is CCCOc1ccc(S(=O)(=O)N2CC[C@@H](N(C)C)C2)cc1-c1nc2c(c(NCc3ccc(F)cc3)nc3[nH]ncc32)c(=O)[nH]1. The van der Waals surface area contributed by atoms with Crippen molar-refractivity contribution in [1.29, 1.82) is 0 Å². The Balaban J connectivity index is 1.45. The fraction of sp³-hybridized carbons (Fsp3) is 0.333. The van der Waals surface area contributed by atoms with Gasteiger partial charge in [-0.25, -0.2) is 22.8 Å². The minimum atomic E-state index is -3.82. The zero-order chi connectivity index (χ0) is 31.0. The van der Waals surface area contributed by atoms with Crippen LogP contribution in [0, 0.1) is 5.82 Å². The van der Waals surface area contributed by atoms with Crippen molar-refractivity contribution in [2.24, 2.45) is 0 Å². The molecule has 1 aliphatic rings. The van der Waals surface area contributed by atoms with Crippen LogP contribution in [0.1, 0.15) is 25.3 Å². The summed E-state index contributed by atoms with van der Waals surface area (Å²) >= 11 is 0. The zero-order valence-corrected chi connectivity index (χ0v) is 25.4. The van der Waals surface area contributed by atoms with E-state index in [2.05, 4.69) is 25.5 Å². The van der Waals surface area contributed by atoms with Crippen LogP contribution in [0.2, 0.25) is 0 Å². The number of hydrogen-bond acceptors (Lipinski definition) is 9. The van der Waals surface area contributed by atoms with Gasteiger partial charge in [-0.3, -0.25) is 9.89 Å². The molecule has 1 saturated heterocycles. The van der Waals surface area contributed by atoms with Crippen LogP contribution in [-0.4, -0.2) is 82.6 Å². The molecule has 4 heterocycles. The van der Waals surface area contributed by atoms with Gasteiger partial charge in [0.2, 0.25) is 10.0 Å². The highest BCUT2D eigenvalue weighted by Gasteiger charge is 2.34. The van der Waals surface area contributed by atoms with E-state index >= 15 is 0 Å². The number of hydrogen-bond donors (Lipinski definition) is 3. The minimum absolute atomic E-state index is 0.0864. The second-order valence-corrected chi connectivity index (χ2v) is 12.9. The molecule has 0 bridgehead atoms. The van der Waals surface area contributed by atoms with Crippen molar-refractivity contribution in [1.82, 2.24) is 34.4 Å². The van der Waals surface area contributed by atoms with E-state index in [1.165, 1.54) is 34.8 Å². The van der Waals surface area contributed by atoms with E-state index < -0.39 is 15.6 Å². The van der Waals surface area contributed by atoms with Crippen molar-refractivity contribution in [2.75, 3.05) is 39.1 Å². The molecule has 1 atom stereocenters. The number of halogens is 1. The highest BCUT2D eigenvalue weighted by Crippen LogP contribution is 2.34. The largest absolute Gasteiger partial charge is 0.493 e. The van der Waals surface area contributed by atoms with E-state index in [4.69, 9.17) is 9.72 Å². The summed E-state index contributed by atoms with van der Waals surface area (Å²) in [6, 6.07) is 10.8. The first-order valence-electron chi connectivity index (χ1n) is 14.3. The van der Waals surface area contributed by atoms with Gasteiger partial charge in [-0.15, -0.1) is 0 Å². The maximum Gasteiger partial charge on any atom is 0.262 e. The van der Waals surface area contributed by atoms with Crippen molar-refractivity contribution >= 4 is 37.8 Å². The molecule has 230 valence electrons. The summed E-state index contributed by atoms with van der Waals surface area (Å²) in [5.41, 5.74) is 1.39. The molecular formula is C30H33FN8O4S. The van der Waals surface area contributed by atoms with Crippen LogP contribution in [0.3, 0.4) is 0 Å². The minimum Gasteiger partial charge on any atom is -0.493 e. The second kappa shape index (κ2) is 11.9. The number of nitrogens with zero attached hydrogens (tertiary/aromatic N) is 5. The summed E-state index contributed by atoms with van der Waals surface area (Å²) in [4.78, 5) is 28.0. The monoisotopic (exact) mass is 620 g/mol. The molecule has 0 amide bonds. The third-order valence-corrected chi connectivity index (χ3v) is 9.65. The Labute approximate surface area is 253 Å². The normalized spacial score (nSPS) is 15.9. The molecule has 0 radical (unpaired) electrons. The molecule has 0 unspecified atom stereocenters. The quantitative estimate of drug-likeness (QED) is 0.212. The Morgan fingerprint density at radius 3 is 2.68 bits per heavy atom. The van der Waals surface area contributed by atoms with Gasteiger partial charge in [-0.05, 0) is 62.8 Å². The van der Waals surface area contributed by atoms with E-state index in [0.29, 0.717) is 47.6 Å². The summed E-state index contributed by atoms with van der Waals surface area (Å²) in [7, 11) is 0.0609. The maximum atomic E-state index is 13.7. The third-order valence-electron chi connectivity index (χ3n) is 7.79. The number of H-pyrrole nitrogens is 2. The van der Waals surface area contributed by atoms with Gasteiger partial charge in [-0.2, -0.15) is 9.40 Å². The van der Waals surface area contributed by atoms with E-state index in [-0.39, 0.29) is 40.3 Å². The molecular weight excluding hydrogens is 587 g/mol. The van der Waals surface area contributed by atoms with Crippen LogP contribution >= 0.6 is 0 Å². The molecule has 1 aliphatic heterocycles. The molecule has 0 saturated carbocycles.